The van der Waals surface area contributed by atoms with Crippen LogP contribution in [0.15, 0.2) is 35.0 Å². The van der Waals surface area contributed by atoms with Gasteiger partial charge in [-0.3, -0.25) is 4.79 Å². The maximum Gasteiger partial charge on any atom is 0.306 e. The molecule has 266 valence electrons. The van der Waals surface area contributed by atoms with Gasteiger partial charge in [0.2, 0.25) is 12.0 Å². The summed E-state index contributed by atoms with van der Waals surface area (Å²) < 4.78 is 30.0. The van der Waals surface area contributed by atoms with E-state index >= 15 is 0 Å². The molecule has 48 heavy (non-hydrogen) atoms. The second-order valence-corrected chi connectivity index (χ2v) is 13.6. The van der Waals surface area contributed by atoms with Gasteiger partial charge in [-0.15, -0.1) is 0 Å². The molecule has 0 spiro atoms. The van der Waals surface area contributed by atoms with Crippen molar-refractivity contribution >= 4 is 16.9 Å². The first kappa shape index (κ1) is 35.1. The summed E-state index contributed by atoms with van der Waals surface area (Å²) in [5, 5.41) is 71.7. The van der Waals surface area contributed by atoms with Gasteiger partial charge in [-0.2, -0.15) is 0 Å². The van der Waals surface area contributed by atoms with Gasteiger partial charge in [-0.05, 0) is 56.2 Å². The molecule has 7 N–H and O–H groups in total. The zero-order valence-corrected chi connectivity index (χ0v) is 27.3. The molecule has 2 heterocycles. The number of carbonyl (C=O) groups excluding carboxylic acids is 1. The number of hydrogen-bond donors (Lipinski definition) is 7. The fourth-order valence-corrected chi connectivity index (χ4v) is 8.38. The third-order valence-corrected chi connectivity index (χ3v) is 10.8. The number of nitrogens with one attached hydrogen (secondary N) is 1. The predicted octanol–water partition coefficient (Wildman–Crippen LogP) is 1.32. The molecule has 3 fully saturated rings. The topological polar surface area (TPSA) is 201 Å². The Labute approximate surface area is 279 Å². The third kappa shape index (κ3) is 6.35. The van der Waals surface area contributed by atoms with E-state index in [1.54, 1.807) is 25.1 Å². The van der Waals surface area contributed by atoms with E-state index in [4.69, 9.17) is 23.4 Å². The summed E-state index contributed by atoms with van der Waals surface area (Å²) in [6.07, 6.45) is 4.37. The number of esters is 1. The number of ether oxygens (including phenoxy) is 4. The minimum Gasteiger partial charge on any atom is -0.485 e. The minimum atomic E-state index is -2.38. The molecule has 6 rings (SSSR count). The van der Waals surface area contributed by atoms with Crippen LogP contribution in [0.2, 0.25) is 0 Å². The summed E-state index contributed by atoms with van der Waals surface area (Å²) >= 11 is 0. The van der Waals surface area contributed by atoms with Crippen molar-refractivity contribution in [1.29, 1.82) is 0 Å². The number of furan rings is 1. The lowest BCUT2D eigenvalue weighted by molar-refractivity contribution is -0.391. The average molecular weight is 676 g/mol. The highest BCUT2D eigenvalue weighted by Gasteiger charge is 2.72. The van der Waals surface area contributed by atoms with Crippen LogP contribution in [0.3, 0.4) is 0 Å². The van der Waals surface area contributed by atoms with Gasteiger partial charge < -0.3 is 59.3 Å². The van der Waals surface area contributed by atoms with Crippen LogP contribution in [0.1, 0.15) is 57.4 Å². The molecule has 0 radical (unpaired) electrons. The van der Waals surface area contributed by atoms with E-state index in [0.717, 1.165) is 12.8 Å². The molecule has 3 aliphatic carbocycles. The standard InChI is InChI=1S/C35H49NO12/c1-2-44-27(40)11-9-20-16-21-12-14-45-29(21)31(46-15-13-36-23-6-4-3-5-7-23)30(20)48-33-35(43)28-22(8-10-25(39)24(28)18-37)17-34(42,32(35)41)26(19-38)47-33/h8,10,12,14,16,22-26,28,32-33,36-39,41-43H,2-7,9,11,13,15,17-19H2,1H3. The van der Waals surface area contributed by atoms with E-state index < -0.39 is 72.7 Å². The van der Waals surface area contributed by atoms with E-state index in [1.165, 1.54) is 31.6 Å². The Balaban J connectivity index is 1.39. The summed E-state index contributed by atoms with van der Waals surface area (Å²) in [4.78, 5) is 12.5. The van der Waals surface area contributed by atoms with E-state index in [-0.39, 0.29) is 44.0 Å². The fourth-order valence-electron chi connectivity index (χ4n) is 8.38. The van der Waals surface area contributed by atoms with Gasteiger partial charge in [0.25, 0.3) is 0 Å². The molecule has 2 saturated carbocycles. The number of carbonyl (C=O) groups is 1. The molecule has 4 aliphatic rings. The zero-order valence-electron chi connectivity index (χ0n) is 27.3. The first-order valence-corrected chi connectivity index (χ1v) is 17.2. The zero-order chi connectivity index (χ0) is 34.1. The summed E-state index contributed by atoms with van der Waals surface area (Å²) in [6.45, 7) is 1.48. The van der Waals surface area contributed by atoms with Crippen molar-refractivity contribution in [1.82, 2.24) is 5.32 Å². The molecule has 13 heteroatoms. The molecule has 1 aromatic heterocycles. The number of benzene rings is 1. The first-order chi connectivity index (χ1) is 23.1. The Kier molecular flexibility index (Phi) is 10.7. The van der Waals surface area contributed by atoms with Crippen LogP contribution in [-0.4, -0.2) is 111 Å². The molecule has 0 amide bonds. The fraction of sp³-hybridized carbons (Fsp3) is 0.686. The SMILES string of the molecule is CCOC(=O)CCc1cc2ccoc2c(OCCNC2CCCCC2)c1OC1OC(CO)C2(O)CC3C=CC(O)C(CO)C3C1(O)C2O. The van der Waals surface area contributed by atoms with Gasteiger partial charge >= 0.3 is 5.97 Å². The largest absolute Gasteiger partial charge is 0.485 e. The van der Waals surface area contributed by atoms with Crippen LogP contribution in [-0.2, 0) is 20.7 Å². The molecular formula is C35H49NO12. The highest BCUT2D eigenvalue weighted by atomic mass is 16.7. The summed E-state index contributed by atoms with van der Waals surface area (Å²) in [7, 11) is 0. The van der Waals surface area contributed by atoms with Gasteiger partial charge in [0.15, 0.2) is 16.9 Å². The average Bonchev–Trinajstić information content (AvgIpc) is 3.55. The van der Waals surface area contributed by atoms with Crippen LogP contribution in [0.5, 0.6) is 11.5 Å². The van der Waals surface area contributed by atoms with Gasteiger partial charge in [0.1, 0.15) is 24.4 Å². The molecular weight excluding hydrogens is 626 g/mol. The molecule has 2 bridgehead atoms. The number of hydrogen-bond acceptors (Lipinski definition) is 13. The third-order valence-electron chi connectivity index (χ3n) is 10.8. The van der Waals surface area contributed by atoms with E-state index in [1.807, 2.05) is 0 Å². The first-order valence-electron chi connectivity index (χ1n) is 17.2. The number of fused-ring (bicyclic) bond motifs is 5. The normalized spacial score (nSPS) is 34.9. The van der Waals surface area contributed by atoms with Crippen LogP contribution in [0, 0.1) is 17.8 Å². The van der Waals surface area contributed by atoms with Crippen molar-refractivity contribution < 1.29 is 58.8 Å². The Morgan fingerprint density at radius 3 is 2.60 bits per heavy atom. The molecule has 1 saturated heterocycles. The quantitative estimate of drug-likeness (QED) is 0.0912. The van der Waals surface area contributed by atoms with Gasteiger partial charge in [-0.1, -0.05) is 31.4 Å². The maximum absolute atomic E-state index is 12.5. The Morgan fingerprint density at radius 1 is 1.08 bits per heavy atom. The lowest BCUT2D eigenvalue weighted by Crippen LogP contribution is -2.81. The van der Waals surface area contributed by atoms with Gasteiger partial charge in [-0.25, -0.2) is 0 Å². The second kappa shape index (κ2) is 14.6. The lowest BCUT2D eigenvalue weighted by atomic mass is 9.53. The van der Waals surface area contributed by atoms with Crippen LogP contribution >= 0.6 is 0 Å². The van der Waals surface area contributed by atoms with Crippen molar-refractivity contribution in [2.75, 3.05) is 33.0 Å². The summed E-state index contributed by atoms with van der Waals surface area (Å²) in [5.74, 6) is -2.69. The smallest absolute Gasteiger partial charge is 0.306 e. The lowest BCUT2D eigenvalue weighted by Gasteiger charge is -2.63. The number of aliphatic hydroxyl groups excluding tert-OH is 4. The molecule has 13 nitrogen and oxygen atoms in total. The summed E-state index contributed by atoms with van der Waals surface area (Å²) in [5.41, 5.74) is -3.59. The highest BCUT2D eigenvalue weighted by molar-refractivity contribution is 5.87. The highest BCUT2D eigenvalue weighted by Crippen LogP contribution is 2.56. The number of rotatable bonds is 13. The van der Waals surface area contributed by atoms with Crippen molar-refractivity contribution in [3.8, 4) is 11.5 Å². The van der Waals surface area contributed by atoms with Gasteiger partial charge in [0.05, 0.1) is 25.6 Å². The van der Waals surface area contributed by atoms with Crippen LogP contribution < -0.4 is 14.8 Å². The van der Waals surface area contributed by atoms with E-state index in [2.05, 4.69) is 5.32 Å². The number of allylic oxidation sites excluding steroid dienone is 1. The van der Waals surface area contributed by atoms with Crippen molar-refractivity contribution in [3.63, 3.8) is 0 Å². The Bertz CT molecular complexity index is 1440. The van der Waals surface area contributed by atoms with Crippen molar-refractivity contribution in [3.05, 3.63) is 36.1 Å². The molecule has 9 atom stereocenters. The minimum absolute atomic E-state index is 0.00192. The maximum atomic E-state index is 12.5. The Hall–Kier alpha value is -2.75. The van der Waals surface area contributed by atoms with Crippen LogP contribution in [0.4, 0.5) is 0 Å². The predicted molar refractivity (Wildman–Crippen MR) is 171 cm³/mol. The van der Waals surface area contributed by atoms with Crippen molar-refractivity contribution in [2.24, 2.45) is 17.8 Å². The number of aliphatic hydroxyl groups is 6. The van der Waals surface area contributed by atoms with Crippen molar-refractivity contribution in [2.45, 2.75) is 100 Å². The second-order valence-electron chi connectivity index (χ2n) is 13.6. The summed E-state index contributed by atoms with van der Waals surface area (Å²) in [6, 6.07) is 3.93. The number of aryl methyl sites for hydroxylation is 1. The monoisotopic (exact) mass is 675 g/mol. The van der Waals surface area contributed by atoms with Gasteiger partial charge in [0, 0.05) is 42.8 Å². The molecule has 2 aromatic rings. The van der Waals surface area contributed by atoms with Crippen LogP contribution in [0.25, 0.3) is 11.0 Å². The molecule has 9 unspecified atom stereocenters. The van der Waals surface area contributed by atoms with E-state index in [9.17, 15) is 35.4 Å². The molecule has 1 aliphatic heterocycles. The Morgan fingerprint density at radius 2 is 1.88 bits per heavy atom. The molecule has 1 aromatic carbocycles. The van der Waals surface area contributed by atoms with E-state index in [0.29, 0.717) is 29.1 Å².